The highest BCUT2D eigenvalue weighted by atomic mass is 19.2. The summed E-state index contributed by atoms with van der Waals surface area (Å²) in [5.41, 5.74) is 1.55. The first-order valence-electron chi connectivity index (χ1n) is 5.61. The SMILES string of the molecule is Fc1cccc(/C=C2/CCCNCC2)c1F. The van der Waals surface area contributed by atoms with Crippen molar-refractivity contribution in [1.29, 1.82) is 0 Å². The molecule has 1 nitrogen and oxygen atoms in total. The number of hydrogen-bond acceptors (Lipinski definition) is 1. The van der Waals surface area contributed by atoms with Gasteiger partial charge in [0, 0.05) is 5.56 Å². The van der Waals surface area contributed by atoms with E-state index in [9.17, 15) is 8.78 Å². The Kier molecular flexibility index (Phi) is 3.67. The molecule has 1 saturated heterocycles. The van der Waals surface area contributed by atoms with Crippen molar-refractivity contribution in [2.45, 2.75) is 19.3 Å². The second-order valence-corrected chi connectivity index (χ2v) is 4.05. The molecule has 1 heterocycles. The molecule has 1 aliphatic rings. The van der Waals surface area contributed by atoms with E-state index < -0.39 is 11.6 Å². The zero-order chi connectivity index (χ0) is 11.4. The first kappa shape index (κ1) is 11.3. The Morgan fingerprint density at radius 2 is 2.00 bits per heavy atom. The number of halogens is 2. The van der Waals surface area contributed by atoms with Crippen LogP contribution in [0.5, 0.6) is 0 Å². The Labute approximate surface area is 94.2 Å². The van der Waals surface area contributed by atoms with Crippen LogP contribution < -0.4 is 5.32 Å². The fourth-order valence-corrected chi connectivity index (χ4v) is 1.94. The van der Waals surface area contributed by atoms with Gasteiger partial charge < -0.3 is 5.32 Å². The molecule has 0 unspecified atom stereocenters. The van der Waals surface area contributed by atoms with Crippen LogP contribution in [0.15, 0.2) is 23.8 Å². The molecule has 1 fully saturated rings. The topological polar surface area (TPSA) is 12.0 Å². The number of nitrogens with one attached hydrogen (secondary N) is 1. The van der Waals surface area contributed by atoms with Crippen LogP contribution in [-0.2, 0) is 0 Å². The summed E-state index contributed by atoms with van der Waals surface area (Å²) < 4.78 is 26.4. The molecule has 1 N–H and O–H groups in total. The summed E-state index contributed by atoms with van der Waals surface area (Å²) in [4.78, 5) is 0. The minimum Gasteiger partial charge on any atom is -0.316 e. The molecular formula is C13H15F2N. The summed E-state index contributed by atoms with van der Waals surface area (Å²) >= 11 is 0. The molecule has 0 saturated carbocycles. The maximum absolute atomic E-state index is 13.4. The molecule has 16 heavy (non-hydrogen) atoms. The maximum atomic E-state index is 13.4. The van der Waals surface area contributed by atoms with E-state index in [2.05, 4.69) is 5.32 Å². The van der Waals surface area contributed by atoms with Crippen molar-refractivity contribution in [3.8, 4) is 0 Å². The number of hydrogen-bond donors (Lipinski definition) is 1. The van der Waals surface area contributed by atoms with Crippen LogP contribution in [0.2, 0.25) is 0 Å². The van der Waals surface area contributed by atoms with E-state index in [1.165, 1.54) is 5.57 Å². The van der Waals surface area contributed by atoms with Crippen molar-refractivity contribution in [3.63, 3.8) is 0 Å². The first-order valence-corrected chi connectivity index (χ1v) is 5.61. The summed E-state index contributed by atoms with van der Waals surface area (Å²) in [7, 11) is 0. The molecule has 1 aromatic carbocycles. The second-order valence-electron chi connectivity index (χ2n) is 4.05. The normalized spacial score (nSPS) is 19.8. The van der Waals surface area contributed by atoms with Crippen LogP contribution in [0, 0.1) is 11.6 Å². The molecule has 0 aromatic heterocycles. The fourth-order valence-electron chi connectivity index (χ4n) is 1.94. The second kappa shape index (κ2) is 5.21. The molecule has 86 valence electrons. The van der Waals surface area contributed by atoms with Gasteiger partial charge in [0.05, 0.1) is 0 Å². The fraction of sp³-hybridized carbons (Fsp3) is 0.385. The van der Waals surface area contributed by atoms with Gasteiger partial charge in [-0.2, -0.15) is 0 Å². The van der Waals surface area contributed by atoms with E-state index >= 15 is 0 Å². The van der Waals surface area contributed by atoms with E-state index in [0.29, 0.717) is 5.56 Å². The van der Waals surface area contributed by atoms with Crippen LogP contribution in [0.1, 0.15) is 24.8 Å². The van der Waals surface area contributed by atoms with Crippen molar-refractivity contribution in [2.24, 2.45) is 0 Å². The average Bonchev–Trinajstić information content (AvgIpc) is 2.53. The zero-order valence-corrected chi connectivity index (χ0v) is 9.10. The third-order valence-electron chi connectivity index (χ3n) is 2.82. The highest BCUT2D eigenvalue weighted by Crippen LogP contribution is 2.19. The monoisotopic (exact) mass is 223 g/mol. The van der Waals surface area contributed by atoms with E-state index in [0.717, 1.165) is 38.4 Å². The molecule has 3 heteroatoms. The van der Waals surface area contributed by atoms with Gasteiger partial charge in [-0.15, -0.1) is 0 Å². The van der Waals surface area contributed by atoms with Crippen molar-refractivity contribution in [2.75, 3.05) is 13.1 Å². The molecule has 0 aliphatic carbocycles. The molecule has 0 atom stereocenters. The van der Waals surface area contributed by atoms with E-state index in [-0.39, 0.29) is 0 Å². The smallest absolute Gasteiger partial charge is 0.166 e. The minimum absolute atomic E-state index is 0.358. The lowest BCUT2D eigenvalue weighted by Gasteiger charge is -2.03. The first-order chi connectivity index (χ1) is 7.77. The maximum Gasteiger partial charge on any atom is 0.166 e. The lowest BCUT2D eigenvalue weighted by molar-refractivity contribution is 0.507. The van der Waals surface area contributed by atoms with Crippen molar-refractivity contribution in [3.05, 3.63) is 41.0 Å². The van der Waals surface area contributed by atoms with Crippen molar-refractivity contribution in [1.82, 2.24) is 5.32 Å². The predicted molar refractivity (Wildman–Crippen MR) is 61.1 cm³/mol. The lowest BCUT2D eigenvalue weighted by Crippen LogP contribution is -2.13. The van der Waals surface area contributed by atoms with Gasteiger partial charge in [-0.1, -0.05) is 23.8 Å². The Hall–Kier alpha value is -1.22. The van der Waals surface area contributed by atoms with Crippen LogP contribution in [-0.4, -0.2) is 13.1 Å². The molecule has 0 radical (unpaired) electrons. The summed E-state index contributed by atoms with van der Waals surface area (Å²) in [5.74, 6) is -1.52. The zero-order valence-electron chi connectivity index (χ0n) is 9.10. The number of benzene rings is 1. The Morgan fingerprint density at radius 1 is 1.12 bits per heavy atom. The lowest BCUT2D eigenvalue weighted by atomic mass is 10.0. The van der Waals surface area contributed by atoms with Crippen molar-refractivity contribution < 1.29 is 8.78 Å². The standard InChI is InChI=1S/C13H15F2N/c14-12-5-1-4-11(13(12)15)9-10-3-2-7-16-8-6-10/h1,4-5,9,16H,2-3,6-8H2/b10-9-. The third-order valence-corrected chi connectivity index (χ3v) is 2.82. The van der Waals surface area contributed by atoms with Crippen LogP contribution in [0.25, 0.3) is 6.08 Å². The highest BCUT2D eigenvalue weighted by molar-refractivity contribution is 5.53. The van der Waals surface area contributed by atoms with Gasteiger partial charge in [0.2, 0.25) is 0 Å². The van der Waals surface area contributed by atoms with Gasteiger partial charge in [-0.25, -0.2) is 8.78 Å². The molecule has 1 aliphatic heterocycles. The Morgan fingerprint density at radius 3 is 2.88 bits per heavy atom. The van der Waals surface area contributed by atoms with E-state index in [1.807, 2.05) is 0 Å². The highest BCUT2D eigenvalue weighted by Gasteiger charge is 2.08. The van der Waals surface area contributed by atoms with Gasteiger partial charge in [0.1, 0.15) is 0 Å². The van der Waals surface area contributed by atoms with Gasteiger partial charge in [-0.05, 0) is 38.4 Å². The van der Waals surface area contributed by atoms with Crippen LogP contribution in [0.3, 0.4) is 0 Å². The summed E-state index contributed by atoms with van der Waals surface area (Å²) in [6.07, 6.45) is 4.72. The minimum atomic E-state index is -0.777. The van der Waals surface area contributed by atoms with E-state index in [1.54, 1.807) is 18.2 Å². The number of rotatable bonds is 1. The van der Waals surface area contributed by atoms with Gasteiger partial charge in [0.15, 0.2) is 11.6 Å². The summed E-state index contributed by atoms with van der Waals surface area (Å²) in [5, 5.41) is 3.28. The molecule has 0 spiro atoms. The molecule has 1 aromatic rings. The van der Waals surface area contributed by atoms with Gasteiger partial charge in [0.25, 0.3) is 0 Å². The van der Waals surface area contributed by atoms with E-state index in [4.69, 9.17) is 0 Å². The van der Waals surface area contributed by atoms with Crippen molar-refractivity contribution >= 4 is 6.08 Å². The van der Waals surface area contributed by atoms with Gasteiger partial charge in [-0.3, -0.25) is 0 Å². The van der Waals surface area contributed by atoms with Crippen LogP contribution in [0.4, 0.5) is 8.78 Å². The largest absolute Gasteiger partial charge is 0.316 e. The Balaban J connectivity index is 2.23. The molecule has 0 bridgehead atoms. The Bertz CT molecular complexity index is 389. The predicted octanol–water partition coefficient (Wildman–Crippen LogP) is 3.12. The van der Waals surface area contributed by atoms with Crippen LogP contribution >= 0.6 is 0 Å². The molecule has 0 amide bonds. The summed E-state index contributed by atoms with van der Waals surface area (Å²) in [6, 6.07) is 4.30. The molecule has 2 rings (SSSR count). The quantitative estimate of drug-likeness (QED) is 0.771. The third kappa shape index (κ3) is 2.67. The molecular weight excluding hydrogens is 208 g/mol. The summed E-state index contributed by atoms with van der Waals surface area (Å²) in [6.45, 7) is 1.92. The van der Waals surface area contributed by atoms with Gasteiger partial charge >= 0.3 is 0 Å². The average molecular weight is 223 g/mol.